The number of hydrogen-bond donors (Lipinski definition) is 3. The Hall–Kier alpha value is -1.34. The maximum absolute atomic E-state index is 12.0. The molecular weight excluding hydrogens is 264 g/mol. The van der Waals surface area contributed by atoms with Crippen molar-refractivity contribution in [2.45, 2.75) is 38.9 Å². The van der Waals surface area contributed by atoms with Gasteiger partial charge in [0.15, 0.2) is 0 Å². The highest BCUT2D eigenvalue weighted by Gasteiger charge is 2.28. The molecule has 1 aliphatic rings. The van der Waals surface area contributed by atoms with Gasteiger partial charge in [-0.3, -0.25) is 4.79 Å². The van der Waals surface area contributed by atoms with Gasteiger partial charge in [-0.2, -0.15) is 0 Å². The summed E-state index contributed by atoms with van der Waals surface area (Å²) in [6, 6.07) is -0.305. The third-order valence-electron chi connectivity index (χ3n) is 3.30. The second-order valence-corrected chi connectivity index (χ2v) is 5.17. The number of aliphatic hydroxyl groups excluding tert-OH is 1. The second kappa shape index (κ2) is 8.06. The lowest BCUT2D eigenvalue weighted by Gasteiger charge is -2.36. The second-order valence-electron chi connectivity index (χ2n) is 5.17. The smallest absolute Gasteiger partial charge is 0.317 e. The lowest BCUT2D eigenvalue weighted by atomic mass is 10.0. The lowest BCUT2D eigenvalue weighted by Crippen LogP contribution is -2.54. The predicted octanol–water partition coefficient (Wildman–Crippen LogP) is 0.279. The van der Waals surface area contributed by atoms with Crippen LogP contribution in [0.25, 0.3) is 0 Å². The van der Waals surface area contributed by atoms with Gasteiger partial charge in [0.2, 0.25) is 0 Å². The zero-order valence-electron chi connectivity index (χ0n) is 12.0. The molecule has 1 saturated heterocycles. The number of nitrogens with zero attached hydrogens (tertiary/aromatic N) is 1. The first-order valence-electron chi connectivity index (χ1n) is 6.99. The van der Waals surface area contributed by atoms with Crippen LogP contribution in [0.5, 0.6) is 0 Å². The van der Waals surface area contributed by atoms with E-state index in [9.17, 15) is 9.59 Å². The maximum Gasteiger partial charge on any atom is 0.317 e. The molecule has 0 aromatic carbocycles. The molecule has 3 atom stereocenters. The Kier molecular flexibility index (Phi) is 6.74. The Labute approximate surface area is 118 Å². The highest BCUT2D eigenvalue weighted by atomic mass is 16.5. The Morgan fingerprint density at radius 1 is 1.45 bits per heavy atom. The molecule has 0 bridgehead atoms. The number of amides is 2. The number of carboxylic acids is 1. The number of carbonyl (C=O) groups excluding carboxylic acids is 1. The zero-order chi connectivity index (χ0) is 15.1. The number of ether oxygens (including phenoxy) is 1. The quantitative estimate of drug-likeness (QED) is 0.652. The summed E-state index contributed by atoms with van der Waals surface area (Å²) >= 11 is 0. The van der Waals surface area contributed by atoms with Crippen LogP contribution in [0.4, 0.5) is 4.79 Å². The van der Waals surface area contributed by atoms with Crippen molar-refractivity contribution in [3.8, 4) is 0 Å². The van der Waals surface area contributed by atoms with Crippen molar-refractivity contribution in [2.75, 3.05) is 26.2 Å². The summed E-state index contributed by atoms with van der Waals surface area (Å²) in [4.78, 5) is 24.6. The topological polar surface area (TPSA) is 99.1 Å². The summed E-state index contributed by atoms with van der Waals surface area (Å²) in [5, 5.41) is 20.8. The molecule has 0 aromatic heterocycles. The third-order valence-corrected chi connectivity index (χ3v) is 3.30. The first-order valence-corrected chi connectivity index (χ1v) is 6.99. The lowest BCUT2D eigenvalue weighted by molar-refractivity contribution is -0.141. The average molecular weight is 288 g/mol. The summed E-state index contributed by atoms with van der Waals surface area (Å²) in [7, 11) is 0. The first kappa shape index (κ1) is 16.7. The molecule has 20 heavy (non-hydrogen) atoms. The van der Waals surface area contributed by atoms with Crippen LogP contribution in [0, 0.1) is 5.92 Å². The Balaban J connectivity index is 2.46. The van der Waals surface area contributed by atoms with Crippen LogP contribution in [0.2, 0.25) is 0 Å². The van der Waals surface area contributed by atoms with Gasteiger partial charge in [-0.15, -0.1) is 0 Å². The molecule has 0 aromatic rings. The third kappa shape index (κ3) is 4.97. The average Bonchev–Trinajstić information content (AvgIpc) is 2.41. The largest absolute Gasteiger partial charge is 0.481 e. The minimum Gasteiger partial charge on any atom is -0.481 e. The van der Waals surface area contributed by atoms with Crippen molar-refractivity contribution in [1.82, 2.24) is 10.2 Å². The van der Waals surface area contributed by atoms with Crippen LogP contribution in [0.1, 0.15) is 26.7 Å². The van der Waals surface area contributed by atoms with Gasteiger partial charge >= 0.3 is 12.0 Å². The number of aliphatic hydroxyl groups is 1. The number of urea groups is 1. The van der Waals surface area contributed by atoms with Crippen molar-refractivity contribution in [2.24, 2.45) is 5.92 Å². The normalized spacial score (nSPS) is 24.2. The molecule has 0 saturated carbocycles. The zero-order valence-corrected chi connectivity index (χ0v) is 12.0. The van der Waals surface area contributed by atoms with Crippen molar-refractivity contribution >= 4 is 12.0 Å². The standard InChI is InChI=1S/C13H24N2O5/c1-3-4-10(12(17)18)5-14-13(19)15-6-9(2)20-11(7-15)8-16/h9-11,16H,3-8H2,1-2H3,(H,14,19)(H,17,18). The molecule has 7 heteroatoms. The van der Waals surface area contributed by atoms with Gasteiger partial charge in [0.25, 0.3) is 0 Å². The molecule has 1 heterocycles. The van der Waals surface area contributed by atoms with Crippen molar-refractivity contribution in [3.05, 3.63) is 0 Å². The van der Waals surface area contributed by atoms with E-state index >= 15 is 0 Å². The SMILES string of the molecule is CCCC(CNC(=O)N1CC(C)OC(CO)C1)C(=O)O. The van der Waals surface area contributed by atoms with E-state index in [1.165, 1.54) is 0 Å². The molecule has 7 nitrogen and oxygen atoms in total. The fourth-order valence-corrected chi connectivity index (χ4v) is 2.30. The molecule has 1 fully saturated rings. The number of hydrogen-bond acceptors (Lipinski definition) is 4. The van der Waals surface area contributed by atoms with Gasteiger partial charge in [0.05, 0.1) is 31.3 Å². The molecule has 1 rings (SSSR count). The number of nitrogens with one attached hydrogen (secondary N) is 1. The number of carboxylic acid groups (broad SMARTS) is 1. The number of rotatable bonds is 6. The minimum atomic E-state index is -0.893. The summed E-state index contributed by atoms with van der Waals surface area (Å²) in [6.07, 6.45) is 0.774. The molecule has 3 N–H and O–H groups in total. The molecule has 2 amide bonds. The van der Waals surface area contributed by atoms with Gasteiger partial charge in [-0.1, -0.05) is 13.3 Å². The summed E-state index contributed by atoms with van der Waals surface area (Å²) < 4.78 is 5.45. The van der Waals surface area contributed by atoms with Crippen LogP contribution in [-0.4, -0.2) is 65.6 Å². The van der Waals surface area contributed by atoms with Crippen LogP contribution in [0.15, 0.2) is 0 Å². The highest BCUT2D eigenvalue weighted by Crippen LogP contribution is 2.11. The molecule has 0 radical (unpaired) electrons. The summed E-state index contributed by atoms with van der Waals surface area (Å²) in [5.41, 5.74) is 0. The first-order chi connectivity index (χ1) is 9.47. The van der Waals surface area contributed by atoms with Crippen molar-refractivity contribution in [1.29, 1.82) is 0 Å². The van der Waals surface area contributed by atoms with Gasteiger partial charge in [-0.05, 0) is 13.3 Å². The number of morpholine rings is 1. The fourth-order valence-electron chi connectivity index (χ4n) is 2.30. The van der Waals surface area contributed by atoms with Crippen molar-refractivity contribution < 1.29 is 24.5 Å². The van der Waals surface area contributed by atoms with E-state index in [0.717, 1.165) is 6.42 Å². The molecule has 3 unspecified atom stereocenters. The van der Waals surface area contributed by atoms with Crippen LogP contribution >= 0.6 is 0 Å². The van der Waals surface area contributed by atoms with Gasteiger partial charge in [0, 0.05) is 13.1 Å². The minimum absolute atomic E-state index is 0.123. The van der Waals surface area contributed by atoms with E-state index in [-0.39, 0.29) is 31.4 Å². The van der Waals surface area contributed by atoms with Crippen LogP contribution in [-0.2, 0) is 9.53 Å². The van der Waals surface area contributed by atoms with E-state index in [1.807, 2.05) is 13.8 Å². The maximum atomic E-state index is 12.0. The van der Waals surface area contributed by atoms with E-state index in [0.29, 0.717) is 19.5 Å². The van der Waals surface area contributed by atoms with Gasteiger partial charge < -0.3 is 25.2 Å². The van der Waals surface area contributed by atoms with Crippen molar-refractivity contribution in [3.63, 3.8) is 0 Å². The Bertz CT molecular complexity index is 337. The Morgan fingerprint density at radius 2 is 2.15 bits per heavy atom. The fraction of sp³-hybridized carbons (Fsp3) is 0.846. The van der Waals surface area contributed by atoms with Crippen LogP contribution < -0.4 is 5.32 Å². The van der Waals surface area contributed by atoms with E-state index in [1.54, 1.807) is 4.90 Å². The van der Waals surface area contributed by atoms with Gasteiger partial charge in [0.1, 0.15) is 0 Å². The van der Waals surface area contributed by atoms with Crippen LogP contribution in [0.3, 0.4) is 0 Å². The predicted molar refractivity (Wildman–Crippen MR) is 72.4 cm³/mol. The monoisotopic (exact) mass is 288 g/mol. The summed E-state index contributed by atoms with van der Waals surface area (Å²) in [5.74, 6) is -1.45. The highest BCUT2D eigenvalue weighted by molar-refractivity contribution is 5.76. The molecule has 1 aliphatic heterocycles. The van der Waals surface area contributed by atoms with E-state index in [2.05, 4.69) is 5.32 Å². The molecule has 0 spiro atoms. The number of carbonyl (C=O) groups is 2. The molecule has 116 valence electrons. The molecular formula is C13H24N2O5. The van der Waals surface area contributed by atoms with E-state index in [4.69, 9.17) is 14.9 Å². The Morgan fingerprint density at radius 3 is 2.70 bits per heavy atom. The van der Waals surface area contributed by atoms with Gasteiger partial charge in [-0.25, -0.2) is 4.79 Å². The summed E-state index contributed by atoms with van der Waals surface area (Å²) in [6.45, 7) is 4.48. The number of aliphatic carboxylic acids is 1. The molecule has 0 aliphatic carbocycles. The van der Waals surface area contributed by atoms with E-state index < -0.39 is 11.9 Å².